The Morgan fingerprint density at radius 3 is 2.36 bits per heavy atom. The monoisotopic (exact) mass is 449 g/mol. The zero-order valence-electron chi connectivity index (χ0n) is 19.1. The van der Waals surface area contributed by atoms with Crippen LogP contribution in [0.2, 0.25) is 0 Å². The Labute approximate surface area is 192 Å². The van der Waals surface area contributed by atoms with Gasteiger partial charge in [0.15, 0.2) is 0 Å². The van der Waals surface area contributed by atoms with E-state index in [2.05, 4.69) is 10.1 Å². The predicted molar refractivity (Wildman–Crippen MR) is 126 cm³/mol. The number of methoxy groups -OCH3 is 3. The largest absolute Gasteiger partial charge is 0.497 e. The number of benzene rings is 2. The number of aliphatic hydroxyl groups is 1. The summed E-state index contributed by atoms with van der Waals surface area (Å²) >= 11 is 0. The molecule has 0 saturated carbocycles. The first-order valence-electron chi connectivity index (χ1n) is 10.4. The fourth-order valence-corrected chi connectivity index (χ4v) is 3.62. The van der Waals surface area contributed by atoms with Crippen molar-refractivity contribution in [2.75, 3.05) is 39.4 Å². The van der Waals surface area contributed by atoms with E-state index < -0.39 is 6.10 Å². The molecule has 0 saturated heterocycles. The summed E-state index contributed by atoms with van der Waals surface area (Å²) in [6.07, 6.45) is 4.69. The number of rotatable bonds is 9. The Kier molecular flexibility index (Phi) is 6.71. The Morgan fingerprint density at radius 2 is 1.73 bits per heavy atom. The van der Waals surface area contributed by atoms with Crippen LogP contribution in [0.5, 0.6) is 11.5 Å². The number of nitrogens with zero attached hydrogens (tertiary/aromatic N) is 5. The maximum Gasteiger partial charge on any atom is 0.124 e. The Morgan fingerprint density at radius 1 is 0.970 bits per heavy atom. The van der Waals surface area contributed by atoms with Crippen molar-refractivity contribution >= 4 is 22.4 Å². The van der Waals surface area contributed by atoms with E-state index in [4.69, 9.17) is 19.2 Å². The fraction of sp³-hybridized carbons (Fsp3) is 0.292. The molecule has 0 aliphatic rings. The molecular formula is C24H27N5O4. The molecule has 0 bridgehead atoms. The zero-order chi connectivity index (χ0) is 23.4. The lowest BCUT2D eigenvalue weighted by Crippen LogP contribution is -2.31. The van der Waals surface area contributed by atoms with Crippen LogP contribution >= 0.6 is 0 Å². The van der Waals surface area contributed by atoms with E-state index in [0.717, 1.165) is 33.7 Å². The van der Waals surface area contributed by atoms with Gasteiger partial charge in [0.25, 0.3) is 0 Å². The van der Waals surface area contributed by atoms with Gasteiger partial charge in [-0.15, -0.1) is 0 Å². The van der Waals surface area contributed by atoms with Crippen LogP contribution in [0.25, 0.3) is 22.3 Å². The molecule has 9 nitrogen and oxygen atoms in total. The minimum Gasteiger partial charge on any atom is -0.497 e. The number of aryl methyl sites for hydroxylation is 1. The molecule has 0 unspecified atom stereocenters. The molecule has 2 heterocycles. The van der Waals surface area contributed by atoms with Gasteiger partial charge in [-0.1, -0.05) is 0 Å². The van der Waals surface area contributed by atoms with E-state index in [-0.39, 0.29) is 6.61 Å². The Balaban J connectivity index is 1.79. The van der Waals surface area contributed by atoms with Gasteiger partial charge >= 0.3 is 0 Å². The summed E-state index contributed by atoms with van der Waals surface area (Å²) in [6.45, 7) is 0.502. The van der Waals surface area contributed by atoms with Crippen molar-refractivity contribution < 1.29 is 19.3 Å². The average Bonchev–Trinajstić information content (AvgIpc) is 3.27. The first kappa shape index (κ1) is 22.5. The maximum absolute atomic E-state index is 10.5. The van der Waals surface area contributed by atoms with Gasteiger partial charge in [-0.05, 0) is 18.2 Å². The van der Waals surface area contributed by atoms with Crippen molar-refractivity contribution in [2.45, 2.75) is 6.10 Å². The number of hydrogen-bond acceptors (Lipinski definition) is 8. The van der Waals surface area contributed by atoms with E-state index in [1.54, 1.807) is 44.5 Å². The van der Waals surface area contributed by atoms with Crippen LogP contribution < -0.4 is 14.4 Å². The standard InChI is InChI=1S/C24H27N5O4/c1-28-13-16(11-26-28)24-12-25-22-6-5-17(9-23(22)27-24)29(14-19(30)15-31-2)18-7-20(32-3)10-21(8-18)33-4/h5-13,19,30H,14-15H2,1-4H3/t19-/m1/s1. The summed E-state index contributed by atoms with van der Waals surface area (Å²) in [5.41, 5.74) is 4.77. The lowest BCUT2D eigenvalue weighted by atomic mass is 10.1. The number of aliphatic hydroxyl groups excluding tert-OH is 1. The van der Waals surface area contributed by atoms with Gasteiger partial charge in [0.1, 0.15) is 11.5 Å². The molecule has 0 fully saturated rings. The van der Waals surface area contributed by atoms with Crippen LogP contribution in [0, 0.1) is 0 Å². The van der Waals surface area contributed by atoms with Gasteiger partial charge in [0.2, 0.25) is 0 Å². The summed E-state index contributed by atoms with van der Waals surface area (Å²) in [5, 5.41) is 14.8. The van der Waals surface area contributed by atoms with Crippen molar-refractivity contribution in [2.24, 2.45) is 7.05 Å². The first-order chi connectivity index (χ1) is 16.0. The molecule has 0 aliphatic heterocycles. The Bertz CT molecular complexity index is 1220. The topological polar surface area (TPSA) is 94.8 Å². The van der Waals surface area contributed by atoms with Crippen molar-refractivity contribution in [1.29, 1.82) is 0 Å². The van der Waals surface area contributed by atoms with Crippen molar-refractivity contribution in [3.63, 3.8) is 0 Å². The second-order valence-electron chi connectivity index (χ2n) is 7.62. The minimum absolute atomic E-state index is 0.205. The van der Waals surface area contributed by atoms with Crippen molar-refractivity contribution in [1.82, 2.24) is 19.7 Å². The number of fused-ring (bicyclic) bond motifs is 1. The van der Waals surface area contributed by atoms with Gasteiger partial charge in [0.05, 0.1) is 62.6 Å². The minimum atomic E-state index is -0.712. The van der Waals surface area contributed by atoms with E-state index in [0.29, 0.717) is 18.0 Å². The van der Waals surface area contributed by atoms with Crippen LogP contribution in [-0.2, 0) is 11.8 Å². The number of ether oxygens (including phenoxy) is 3. The normalized spacial score (nSPS) is 12.0. The molecule has 1 atom stereocenters. The third-order valence-corrected chi connectivity index (χ3v) is 5.24. The van der Waals surface area contributed by atoms with Gasteiger partial charge < -0.3 is 24.2 Å². The van der Waals surface area contributed by atoms with Crippen LogP contribution in [0.4, 0.5) is 11.4 Å². The highest BCUT2D eigenvalue weighted by Crippen LogP contribution is 2.34. The molecule has 0 aliphatic carbocycles. The SMILES string of the molecule is COC[C@H](O)CN(c1cc(OC)cc(OC)c1)c1ccc2ncc(-c3cnn(C)c3)nc2c1. The second kappa shape index (κ2) is 9.85. The van der Waals surface area contributed by atoms with Crippen LogP contribution in [0.1, 0.15) is 0 Å². The van der Waals surface area contributed by atoms with E-state index in [1.165, 1.54) is 0 Å². The Hall–Kier alpha value is -3.69. The quantitative estimate of drug-likeness (QED) is 0.416. The predicted octanol–water partition coefficient (Wildman–Crippen LogP) is 3.19. The zero-order valence-corrected chi connectivity index (χ0v) is 19.1. The third kappa shape index (κ3) is 5.05. The highest BCUT2D eigenvalue weighted by molar-refractivity contribution is 5.82. The summed E-state index contributed by atoms with van der Waals surface area (Å²) in [6, 6.07) is 11.4. The lowest BCUT2D eigenvalue weighted by Gasteiger charge is -2.28. The smallest absolute Gasteiger partial charge is 0.124 e. The fourth-order valence-electron chi connectivity index (χ4n) is 3.62. The third-order valence-electron chi connectivity index (χ3n) is 5.24. The van der Waals surface area contributed by atoms with Gasteiger partial charge in [-0.3, -0.25) is 9.67 Å². The van der Waals surface area contributed by atoms with E-state index in [1.807, 2.05) is 48.5 Å². The van der Waals surface area contributed by atoms with Crippen LogP contribution in [0.15, 0.2) is 55.0 Å². The number of anilines is 2. The number of hydrogen-bond donors (Lipinski definition) is 1. The van der Waals surface area contributed by atoms with E-state index >= 15 is 0 Å². The summed E-state index contributed by atoms with van der Waals surface area (Å²) in [4.78, 5) is 11.3. The van der Waals surface area contributed by atoms with Gasteiger partial charge in [0, 0.05) is 55.5 Å². The summed E-state index contributed by atoms with van der Waals surface area (Å²) in [5.74, 6) is 1.30. The highest BCUT2D eigenvalue weighted by Gasteiger charge is 2.18. The van der Waals surface area contributed by atoms with Gasteiger partial charge in [-0.25, -0.2) is 4.98 Å². The van der Waals surface area contributed by atoms with Gasteiger partial charge in [-0.2, -0.15) is 5.10 Å². The molecule has 4 aromatic rings. The molecule has 2 aromatic carbocycles. The molecule has 33 heavy (non-hydrogen) atoms. The molecule has 0 radical (unpaired) electrons. The molecule has 0 spiro atoms. The summed E-state index contributed by atoms with van der Waals surface area (Å²) in [7, 11) is 6.64. The lowest BCUT2D eigenvalue weighted by molar-refractivity contribution is 0.0702. The molecule has 9 heteroatoms. The molecule has 172 valence electrons. The molecule has 2 aromatic heterocycles. The average molecular weight is 450 g/mol. The molecule has 4 rings (SSSR count). The molecule has 0 amide bonds. The van der Waals surface area contributed by atoms with Crippen molar-refractivity contribution in [3.8, 4) is 22.8 Å². The molecule has 1 N–H and O–H groups in total. The van der Waals surface area contributed by atoms with Crippen molar-refractivity contribution in [3.05, 3.63) is 55.0 Å². The highest BCUT2D eigenvalue weighted by atomic mass is 16.5. The van der Waals surface area contributed by atoms with Crippen LogP contribution in [0.3, 0.4) is 0 Å². The molecular weight excluding hydrogens is 422 g/mol. The number of aromatic nitrogens is 4. The first-order valence-corrected chi connectivity index (χ1v) is 10.4. The summed E-state index contributed by atoms with van der Waals surface area (Å²) < 4.78 is 17.8. The van der Waals surface area contributed by atoms with Crippen LogP contribution in [-0.4, -0.2) is 65.4 Å². The second-order valence-corrected chi connectivity index (χ2v) is 7.62. The van der Waals surface area contributed by atoms with E-state index in [9.17, 15) is 5.11 Å². The maximum atomic E-state index is 10.5.